The monoisotopic (exact) mass is 230 g/mol. The second kappa shape index (κ2) is 5.12. The van der Waals surface area contributed by atoms with Crippen molar-refractivity contribution < 1.29 is 0 Å². The first kappa shape index (κ1) is 11.8. The smallest absolute Gasteiger partial charge is 0.0538 e. The highest BCUT2D eigenvalue weighted by Gasteiger charge is 2.13. The molecule has 90 valence electrons. The van der Waals surface area contributed by atoms with Gasteiger partial charge in [0, 0.05) is 18.8 Å². The normalized spacial score (nSPS) is 12.6. The summed E-state index contributed by atoms with van der Waals surface area (Å²) in [7, 11) is 1.91. The van der Waals surface area contributed by atoms with Gasteiger partial charge in [-0.1, -0.05) is 24.3 Å². The zero-order valence-corrected chi connectivity index (χ0v) is 10.2. The fourth-order valence-corrected chi connectivity index (χ4v) is 1.95. The van der Waals surface area contributed by atoms with E-state index in [0.717, 1.165) is 12.0 Å². The molecule has 2 aromatic rings. The molecule has 2 rings (SSSR count). The number of aryl methyl sites for hydroxylation is 2. The van der Waals surface area contributed by atoms with E-state index in [0.29, 0.717) is 0 Å². The molecule has 0 spiro atoms. The van der Waals surface area contributed by atoms with Crippen molar-refractivity contribution >= 4 is 0 Å². The van der Waals surface area contributed by atoms with Crippen molar-refractivity contribution in [3.63, 3.8) is 0 Å². The Morgan fingerprint density at radius 3 is 2.76 bits per heavy atom. The minimum Gasteiger partial charge on any atom is -0.275 e. The first-order chi connectivity index (χ1) is 8.20. The highest BCUT2D eigenvalue weighted by atomic mass is 15.3. The number of hydrogen-bond acceptors (Lipinski definition) is 3. The summed E-state index contributed by atoms with van der Waals surface area (Å²) < 4.78 is 1.79. The second-order valence-corrected chi connectivity index (χ2v) is 4.30. The lowest BCUT2D eigenvalue weighted by molar-refractivity contribution is 0.550. The Morgan fingerprint density at radius 1 is 1.41 bits per heavy atom. The average molecular weight is 230 g/mol. The number of nitrogens with two attached hydrogens (primary N) is 1. The van der Waals surface area contributed by atoms with E-state index < -0.39 is 0 Å². The van der Waals surface area contributed by atoms with E-state index in [1.54, 1.807) is 4.68 Å². The molecule has 0 aliphatic heterocycles. The van der Waals surface area contributed by atoms with Gasteiger partial charge in [-0.2, -0.15) is 5.10 Å². The van der Waals surface area contributed by atoms with Crippen LogP contribution in [0.3, 0.4) is 0 Å². The zero-order chi connectivity index (χ0) is 12.3. The number of hydrazine groups is 1. The molecule has 0 amide bonds. The first-order valence-corrected chi connectivity index (χ1v) is 5.70. The molecular formula is C13H18N4. The number of aromatic nitrogens is 2. The Labute approximate surface area is 101 Å². The lowest BCUT2D eigenvalue weighted by atomic mass is 9.98. The van der Waals surface area contributed by atoms with Crippen molar-refractivity contribution in [2.75, 3.05) is 0 Å². The molecule has 1 heterocycles. The number of benzene rings is 1. The summed E-state index contributed by atoms with van der Waals surface area (Å²) in [6, 6.07) is 8.46. The molecule has 3 N–H and O–H groups in total. The molecule has 0 bridgehead atoms. The molecule has 1 aromatic heterocycles. The van der Waals surface area contributed by atoms with Gasteiger partial charge in [-0.15, -0.1) is 0 Å². The minimum atomic E-state index is 0.102. The van der Waals surface area contributed by atoms with Gasteiger partial charge < -0.3 is 0 Å². The highest BCUT2D eigenvalue weighted by Crippen LogP contribution is 2.19. The maximum absolute atomic E-state index is 5.62. The lowest BCUT2D eigenvalue weighted by Crippen LogP contribution is -2.29. The third-order valence-corrected chi connectivity index (χ3v) is 3.01. The molecule has 0 fully saturated rings. The summed E-state index contributed by atoms with van der Waals surface area (Å²) >= 11 is 0. The quantitative estimate of drug-likeness (QED) is 0.618. The number of hydrogen-bond donors (Lipinski definition) is 2. The summed E-state index contributed by atoms with van der Waals surface area (Å²) in [6.07, 6.45) is 4.71. The van der Waals surface area contributed by atoms with E-state index in [1.807, 2.05) is 25.5 Å². The Morgan fingerprint density at radius 2 is 2.18 bits per heavy atom. The summed E-state index contributed by atoms with van der Waals surface area (Å²) in [4.78, 5) is 0. The van der Waals surface area contributed by atoms with Gasteiger partial charge in [-0.05, 0) is 24.5 Å². The summed E-state index contributed by atoms with van der Waals surface area (Å²) in [5.74, 6) is 5.62. The molecule has 0 radical (unpaired) electrons. The Hall–Kier alpha value is -1.65. The Bertz CT molecular complexity index is 490. The van der Waals surface area contributed by atoms with E-state index in [9.17, 15) is 0 Å². The van der Waals surface area contributed by atoms with Crippen LogP contribution in [0.25, 0.3) is 0 Å². The SMILES string of the molecule is Cc1ccccc1CC(NN)c1cnn(C)c1. The van der Waals surface area contributed by atoms with Crippen LogP contribution in [0.2, 0.25) is 0 Å². The maximum Gasteiger partial charge on any atom is 0.0538 e. The topological polar surface area (TPSA) is 55.9 Å². The van der Waals surface area contributed by atoms with Crippen LogP contribution in [0.15, 0.2) is 36.7 Å². The predicted molar refractivity (Wildman–Crippen MR) is 68.2 cm³/mol. The molecule has 0 saturated heterocycles. The largest absolute Gasteiger partial charge is 0.275 e. The van der Waals surface area contributed by atoms with Crippen molar-refractivity contribution in [3.8, 4) is 0 Å². The van der Waals surface area contributed by atoms with Crippen molar-refractivity contribution in [3.05, 3.63) is 53.3 Å². The average Bonchev–Trinajstić information content (AvgIpc) is 2.75. The Balaban J connectivity index is 2.18. The van der Waals surface area contributed by atoms with E-state index in [4.69, 9.17) is 5.84 Å². The van der Waals surface area contributed by atoms with Crippen molar-refractivity contribution in [2.45, 2.75) is 19.4 Å². The Kier molecular flexibility index (Phi) is 3.56. The van der Waals surface area contributed by atoms with Crippen LogP contribution >= 0.6 is 0 Å². The van der Waals surface area contributed by atoms with Gasteiger partial charge in [0.25, 0.3) is 0 Å². The van der Waals surface area contributed by atoms with Gasteiger partial charge in [0.05, 0.1) is 12.2 Å². The van der Waals surface area contributed by atoms with Crippen LogP contribution < -0.4 is 11.3 Å². The molecule has 4 nitrogen and oxygen atoms in total. The van der Waals surface area contributed by atoms with E-state index in [-0.39, 0.29) is 6.04 Å². The summed E-state index contributed by atoms with van der Waals surface area (Å²) in [5.41, 5.74) is 6.56. The van der Waals surface area contributed by atoms with Gasteiger partial charge in [-0.25, -0.2) is 0 Å². The third-order valence-electron chi connectivity index (χ3n) is 3.01. The van der Waals surface area contributed by atoms with Gasteiger partial charge in [0.2, 0.25) is 0 Å². The summed E-state index contributed by atoms with van der Waals surface area (Å²) in [6.45, 7) is 2.12. The molecule has 1 aromatic carbocycles. The second-order valence-electron chi connectivity index (χ2n) is 4.30. The van der Waals surface area contributed by atoms with Gasteiger partial charge in [0.1, 0.15) is 0 Å². The fourth-order valence-electron chi connectivity index (χ4n) is 1.95. The molecule has 0 aliphatic carbocycles. The standard InChI is InChI=1S/C13H18N4/c1-10-5-3-4-6-11(10)7-13(16-14)12-8-15-17(2)9-12/h3-6,8-9,13,16H,7,14H2,1-2H3. The molecule has 0 aliphatic rings. The van der Waals surface area contributed by atoms with Crippen LogP contribution in [0.4, 0.5) is 0 Å². The van der Waals surface area contributed by atoms with Crippen molar-refractivity contribution in [1.82, 2.24) is 15.2 Å². The molecule has 0 saturated carbocycles. The lowest BCUT2D eigenvalue weighted by Gasteiger charge is -2.15. The highest BCUT2D eigenvalue weighted by molar-refractivity contribution is 5.28. The minimum absolute atomic E-state index is 0.102. The predicted octanol–water partition coefficient (Wildman–Crippen LogP) is 1.48. The third kappa shape index (κ3) is 2.72. The molecular weight excluding hydrogens is 212 g/mol. The van der Waals surface area contributed by atoms with Crippen molar-refractivity contribution in [2.24, 2.45) is 12.9 Å². The number of rotatable bonds is 4. The fraction of sp³-hybridized carbons (Fsp3) is 0.308. The molecule has 1 atom stereocenters. The van der Waals surface area contributed by atoms with Crippen LogP contribution in [0.1, 0.15) is 22.7 Å². The van der Waals surface area contributed by atoms with Gasteiger partial charge in [0.15, 0.2) is 0 Å². The maximum atomic E-state index is 5.62. The van der Waals surface area contributed by atoms with Crippen LogP contribution in [-0.4, -0.2) is 9.78 Å². The van der Waals surface area contributed by atoms with Gasteiger partial charge in [-0.3, -0.25) is 16.0 Å². The van der Waals surface area contributed by atoms with Gasteiger partial charge >= 0.3 is 0 Å². The first-order valence-electron chi connectivity index (χ1n) is 5.70. The van der Waals surface area contributed by atoms with Crippen LogP contribution in [0.5, 0.6) is 0 Å². The van der Waals surface area contributed by atoms with Crippen LogP contribution in [-0.2, 0) is 13.5 Å². The zero-order valence-electron chi connectivity index (χ0n) is 10.2. The molecule has 1 unspecified atom stereocenters. The summed E-state index contributed by atoms with van der Waals surface area (Å²) in [5, 5.41) is 4.17. The van der Waals surface area contributed by atoms with Crippen LogP contribution in [0, 0.1) is 6.92 Å². The molecule has 4 heteroatoms. The number of nitrogens with one attached hydrogen (secondary N) is 1. The van der Waals surface area contributed by atoms with E-state index in [1.165, 1.54) is 11.1 Å². The number of nitrogens with zero attached hydrogens (tertiary/aromatic N) is 2. The molecule has 17 heavy (non-hydrogen) atoms. The van der Waals surface area contributed by atoms with Crippen molar-refractivity contribution in [1.29, 1.82) is 0 Å². The van der Waals surface area contributed by atoms with E-state index >= 15 is 0 Å². The van der Waals surface area contributed by atoms with E-state index in [2.05, 4.69) is 35.6 Å².